The van der Waals surface area contributed by atoms with E-state index in [1.54, 1.807) is 6.92 Å². The highest BCUT2D eigenvalue weighted by molar-refractivity contribution is 6.17. The summed E-state index contributed by atoms with van der Waals surface area (Å²) in [6.07, 6.45) is 0.802. The highest BCUT2D eigenvalue weighted by Gasteiger charge is 2.11. The Hall–Kier alpha value is -0.700. The number of rotatable bonds is 4. The quantitative estimate of drug-likeness (QED) is 0.399. The largest absolute Gasteiger partial charge is 0.446 e. The molecular formula is C9H16ClNO2. The van der Waals surface area contributed by atoms with Crippen molar-refractivity contribution in [3.8, 4) is 0 Å². The Bertz CT molecular complexity index is 212. The number of carbonyl (C=O) groups is 1. The second kappa shape index (κ2) is 5.86. The van der Waals surface area contributed by atoms with Crippen LogP contribution in [0.4, 0.5) is 0 Å². The van der Waals surface area contributed by atoms with E-state index in [4.69, 9.17) is 11.6 Å². The Morgan fingerprint density at radius 3 is 2.31 bits per heavy atom. The number of allylic oxidation sites excluding steroid dienone is 1. The molecule has 0 aromatic carbocycles. The van der Waals surface area contributed by atoms with Crippen molar-refractivity contribution in [1.29, 1.82) is 0 Å². The number of alkyl halides is 1. The third kappa shape index (κ3) is 3.68. The van der Waals surface area contributed by atoms with Crippen LogP contribution in [0, 0.1) is 0 Å². The lowest BCUT2D eigenvalue weighted by atomic mass is 10.2. The Kier molecular flexibility index (Phi) is 5.55. The normalized spacial score (nSPS) is 12.1. The van der Waals surface area contributed by atoms with Gasteiger partial charge in [-0.15, -0.1) is 0 Å². The summed E-state index contributed by atoms with van der Waals surface area (Å²) in [5.74, 6) is -0.347. The Labute approximate surface area is 84.3 Å². The first-order valence-electron chi connectivity index (χ1n) is 4.14. The maximum atomic E-state index is 11.3. The number of esters is 1. The fourth-order valence-electron chi connectivity index (χ4n) is 1.19. The summed E-state index contributed by atoms with van der Waals surface area (Å²) in [5.41, 5.74) is 1.59. The third-order valence-electron chi connectivity index (χ3n) is 1.80. The molecule has 0 heterocycles. The van der Waals surface area contributed by atoms with Crippen LogP contribution in [0.25, 0.3) is 0 Å². The zero-order valence-electron chi connectivity index (χ0n) is 8.56. The van der Waals surface area contributed by atoms with Crippen molar-refractivity contribution >= 4 is 17.6 Å². The first-order valence-corrected chi connectivity index (χ1v) is 4.68. The van der Waals surface area contributed by atoms with Crippen LogP contribution in [0.3, 0.4) is 0 Å². The maximum Gasteiger partial charge on any atom is 0.336 e. The van der Waals surface area contributed by atoms with E-state index in [1.165, 1.54) is 0 Å². The van der Waals surface area contributed by atoms with Crippen molar-refractivity contribution in [2.24, 2.45) is 0 Å². The number of hydrogen-bond donors (Lipinski definition) is 0. The predicted octanol–water partition coefficient (Wildman–Crippen LogP) is 1.97. The van der Waals surface area contributed by atoms with E-state index in [9.17, 15) is 4.79 Å². The van der Waals surface area contributed by atoms with Crippen LogP contribution < -0.4 is 0 Å². The van der Waals surface area contributed by atoms with E-state index in [-0.39, 0.29) is 12.0 Å². The SMILES string of the molecule is CCC(=C(C)C(=O)OCCl)N(C)C. The molecule has 0 N–H and O–H groups in total. The molecule has 0 spiro atoms. The molecule has 3 nitrogen and oxygen atoms in total. The number of ether oxygens (including phenoxy) is 1. The average molecular weight is 206 g/mol. The zero-order valence-corrected chi connectivity index (χ0v) is 9.31. The monoisotopic (exact) mass is 205 g/mol. The van der Waals surface area contributed by atoms with Gasteiger partial charge in [-0.1, -0.05) is 18.5 Å². The van der Waals surface area contributed by atoms with Crippen LogP contribution in [-0.2, 0) is 9.53 Å². The van der Waals surface area contributed by atoms with Crippen LogP contribution in [-0.4, -0.2) is 31.0 Å². The minimum Gasteiger partial charge on any atom is -0.446 e. The molecular weight excluding hydrogens is 190 g/mol. The number of halogens is 1. The van der Waals surface area contributed by atoms with Gasteiger partial charge >= 0.3 is 5.97 Å². The van der Waals surface area contributed by atoms with E-state index >= 15 is 0 Å². The first kappa shape index (κ1) is 12.3. The summed E-state index contributed by atoms with van der Waals surface area (Å²) in [5, 5.41) is 0. The fraction of sp³-hybridized carbons (Fsp3) is 0.667. The summed E-state index contributed by atoms with van der Waals surface area (Å²) < 4.78 is 4.68. The molecule has 4 heteroatoms. The lowest BCUT2D eigenvalue weighted by Crippen LogP contribution is -2.17. The van der Waals surface area contributed by atoms with Crippen molar-refractivity contribution in [3.05, 3.63) is 11.3 Å². The molecule has 0 unspecified atom stereocenters. The van der Waals surface area contributed by atoms with Gasteiger partial charge in [0, 0.05) is 19.8 Å². The highest BCUT2D eigenvalue weighted by Crippen LogP contribution is 2.12. The third-order valence-corrected chi connectivity index (χ3v) is 1.91. The second-order valence-electron chi connectivity index (χ2n) is 2.86. The van der Waals surface area contributed by atoms with Gasteiger partial charge in [0.15, 0.2) is 6.07 Å². The molecule has 0 aromatic rings. The first-order chi connectivity index (χ1) is 6.04. The topological polar surface area (TPSA) is 29.5 Å². The summed E-state index contributed by atoms with van der Waals surface area (Å²) in [7, 11) is 3.80. The molecule has 0 saturated carbocycles. The molecule has 0 saturated heterocycles. The number of nitrogens with zero attached hydrogens (tertiary/aromatic N) is 1. The number of carbonyl (C=O) groups excluding carboxylic acids is 1. The Morgan fingerprint density at radius 1 is 1.46 bits per heavy atom. The molecule has 0 aliphatic carbocycles. The minimum atomic E-state index is -0.347. The van der Waals surface area contributed by atoms with Gasteiger partial charge in [-0.3, -0.25) is 0 Å². The van der Waals surface area contributed by atoms with E-state index in [0.29, 0.717) is 5.57 Å². The molecule has 0 bridgehead atoms. The van der Waals surface area contributed by atoms with Gasteiger partial charge in [0.1, 0.15) is 0 Å². The summed E-state index contributed by atoms with van der Waals surface area (Å²) in [6.45, 7) is 3.74. The van der Waals surface area contributed by atoms with Gasteiger partial charge in [-0.25, -0.2) is 4.79 Å². The molecule has 0 amide bonds. The maximum absolute atomic E-state index is 11.3. The number of hydrogen-bond acceptors (Lipinski definition) is 3. The predicted molar refractivity (Wildman–Crippen MR) is 53.5 cm³/mol. The summed E-state index contributed by atoms with van der Waals surface area (Å²) >= 11 is 5.29. The van der Waals surface area contributed by atoms with E-state index in [0.717, 1.165) is 12.1 Å². The van der Waals surface area contributed by atoms with E-state index in [2.05, 4.69) is 4.74 Å². The van der Waals surface area contributed by atoms with Crippen molar-refractivity contribution in [1.82, 2.24) is 4.90 Å². The molecule has 76 valence electrons. The molecule has 0 fully saturated rings. The van der Waals surface area contributed by atoms with Crippen LogP contribution in [0.5, 0.6) is 0 Å². The molecule has 0 aliphatic rings. The Morgan fingerprint density at radius 2 is 2.00 bits per heavy atom. The van der Waals surface area contributed by atoms with Crippen LogP contribution in [0.1, 0.15) is 20.3 Å². The van der Waals surface area contributed by atoms with Crippen LogP contribution >= 0.6 is 11.6 Å². The average Bonchev–Trinajstić information content (AvgIpc) is 2.05. The molecule has 0 radical (unpaired) electrons. The summed E-state index contributed by atoms with van der Waals surface area (Å²) in [4.78, 5) is 13.2. The van der Waals surface area contributed by atoms with Gasteiger partial charge in [-0.2, -0.15) is 0 Å². The van der Waals surface area contributed by atoms with Gasteiger partial charge in [-0.05, 0) is 13.3 Å². The highest BCUT2D eigenvalue weighted by atomic mass is 35.5. The smallest absolute Gasteiger partial charge is 0.336 e. The second-order valence-corrected chi connectivity index (χ2v) is 3.08. The van der Waals surface area contributed by atoms with E-state index in [1.807, 2.05) is 25.9 Å². The lowest BCUT2D eigenvalue weighted by Gasteiger charge is -2.18. The molecule has 13 heavy (non-hydrogen) atoms. The van der Waals surface area contributed by atoms with Crippen molar-refractivity contribution < 1.29 is 9.53 Å². The molecule has 0 atom stereocenters. The van der Waals surface area contributed by atoms with Crippen molar-refractivity contribution in [2.75, 3.05) is 20.2 Å². The molecule has 0 aromatic heterocycles. The molecule has 0 aliphatic heterocycles. The van der Waals surface area contributed by atoms with Crippen LogP contribution in [0.2, 0.25) is 0 Å². The Balaban J connectivity index is 4.64. The zero-order chi connectivity index (χ0) is 10.4. The van der Waals surface area contributed by atoms with Crippen molar-refractivity contribution in [3.63, 3.8) is 0 Å². The van der Waals surface area contributed by atoms with Gasteiger partial charge in [0.05, 0.1) is 5.57 Å². The van der Waals surface area contributed by atoms with Gasteiger partial charge in [0.25, 0.3) is 0 Å². The standard InChI is InChI=1S/C9H16ClNO2/c1-5-8(11(3)4)7(2)9(12)13-6-10/h5-6H2,1-4H3. The van der Waals surface area contributed by atoms with Gasteiger partial charge in [0.2, 0.25) is 0 Å². The fourth-order valence-corrected chi connectivity index (χ4v) is 1.29. The molecule has 0 rings (SSSR count). The van der Waals surface area contributed by atoms with E-state index < -0.39 is 0 Å². The van der Waals surface area contributed by atoms with Crippen LogP contribution in [0.15, 0.2) is 11.3 Å². The van der Waals surface area contributed by atoms with Gasteiger partial charge < -0.3 is 9.64 Å². The minimum absolute atomic E-state index is 0.0966. The summed E-state index contributed by atoms with van der Waals surface area (Å²) in [6, 6.07) is -0.0966. The lowest BCUT2D eigenvalue weighted by molar-refractivity contribution is -0.137. The van der Waals surface area contributed by atoms with Crippen molar-refractivity contribution in [2.45, 2.75) is 20.3 Å².